The first kappa shape index (κ1) is 9.69. The van der Waals surface area contributed by atoms with Crippen LogP contribution < -0.4 is 0 Å². The van der Waals surface area contributed by atoms with E-state index in [0.717, 1.165) is 5.56 Å². The Morgan fingerprint density at radius 2 is 1.93 bits per heavy atom. The third-order valence-electron chi connectivity index (χ3n) is 2.01. The molecule has 0 saturated heterocycles. The molecule has 0 aromatic carbocycles. The molecule has 2 aromatic heterocycles. The molecule has 0 amide bonds. The zero-order chi connectivity index (χ0) is 9.97. The maximum absolute atomic E-state index is 6.33. The summed E-state index contributed by atoms with van der Waals surface area (Å²) in [5.41, 5.74) is 1.10. The van der Waals surface area contributed by atoms with Gasteiger partial charge in [-0.1, -0.05) is 0 Å². The lowest BCUT2D eigenvalue weighted by atomic mass is 10.2. The van der Waals surface area contributed by atoms with E-state index in [9.17, 15) is 0 Å². The Morgan fingerprint density at radius 1 is 1.21 bits per heavy atom. The molecule has 0 radical (unpaired) electrons. The van der Waals surface area contributed by atoms with Crippen molar-refractivity contribution < 1.29 is 0 Å². The first-order valence-electron chi connectivity index (χ1n) is 4.37. The molecule has 2 aromatic rings. The van der Waals surface area contributed by atoms with Crippen molar-refractivity contribution in [3.8, 4) is 0 Å². The van der Waals surface area contributed by atoms with Crippen LogP contribution in [0.1, 0.15) is 20.7 Å². The lowest BCUT2D eigenvalue weighted by Gasteiger charge is -2.06. The number of rotatable bonds is 2. The summed E-state index contributed by atoms with van der Waals surface area (Å²) in [7, 11) is 0. The summed E-state index contributed by atoms with van der Waals surface area (Å²) in [6.07, 6.45) is 3.54. The van der Waals surface area contributed by atoms with Crippen molar-refractivity contribution in [3.63, 3.8) is 0 Å². The average Bonchev–Trinajstić information content (AvgIpc) is 2.65. The lowest BCUT2D eigenvalue weighted by Crippen LogP contribution is -1.89. The van der Waals surface area contributed by atoms with E-state index in [2.05, 4.69) is 24.0 Å². The summed E-state index contributed by atoms with van der Waals surface area (Å²) in [5.74, 6) is 0. The first-order valence-corrected chi connectivity index (χ1v) is 5.63. The van der Waals surface area contributed by atoms with Gasteiger partial charge in [-0.2, -0.15) is 0 Å². The quantitative estimate of drug-likeness (QED) is 0.707. The van der Waals surface area contributed by atoms with E-state index in [1.54, 1.807) is 23.7 Å². The van der Waals surface area contributed by atoms with E-state index >= 15 is 0 Å². The van der Waals surface area contributed by atoms with Gasteiger partial charge in [0.05, 0.1) is 5.38 Å². The number of pyridine rings is 1. The van der Waals surface area contributed by atoms with Crippen LogP contribution in [0.15, 0.2) is 36.7 Å². The largest absolute Gasteiger partial charge is 0.265 e. The van der Waals surface area contributed by atoms with Crippen molar-refractivity contribution >= 4 is 22.9 Å². The van der Waals surface area contributed by atoms with Crippen molar-refractivity contribution in [3.05, 3.63) is 52.0 Å². The zero-order valence-electron chi connectivity index (χ0n) is 7.77. The van der Waals surface area contributed by atoms with E-state index in [0.29, 0.717) is 0 Å². The van der Waals surface area contributed by atoms with Crippen LogP contribution in [0.2, 0.25) is 0 Å². The third-order valence-corrected chi connectivity index (χ3v) is 3.69. The fraction of sp³-hybridized carbons (Fsp3) is 0.182. The van der Waals surface area contributed by atoms with Crippen LogP contribution in [0.25, 0.3) is 0 Å². The molecule has 0 fully saturated rings. The Kier molecular flexibility index (Phi) is 2.85. The minimum Gasteiger partial charge on any atom is -0.265 e. The molecule has 0 aliphatic carbocycles. The molecule has 0 N–H and O–H groups in total. The Labute approximate surface area is 92.4 Å². The lowest BCUT2D eigenvalue weighted by molar-refractivity contribution is 1.15. The van der Waals surface area contributed by atoms with Crippen LogP contribution in [0.5, 0.6) is 0 Å². The number of halogens is 1. The molecule has 1 nitrogen and oxygen atoms in total. The van der Waals surface area contributed by atoms with Crippen molar-refractivity contribution in [2.45, 2.75) is 12.3 Å². The SMILES string of the molecule is Cc1ccc(C(Cl)c2ccncc2)s1. The van der Waals surface area contributed by atoms with Crippen molar-refractivity contribution in [1.82, 2.24) is 4.98 Å². The second-order valence-corrected chi connectivity index (χ2v) is 4.85. The Balaban J connectivity index is 2.29. The van der Waals surface area contributed by atoms with Crippen LogP contribution in [0.3, 0.4) is 0 Å². The molecule has 1 unspecified atom stereocenters. The molecule has 72 valence electrons. The summed E-state index contributed by atoms with van der Waals surface area (Å²) < 4.78 is 0. The Bertz CT molecular complexity index is 410. The van der Waals surface area contributed by atoms with Gasteiger partial charge in [-0.3, -0.25) is 4.98 Å². The Morgan fingerprint density at radius 3 is 2.50 bits per heavy atom. The van der Waals surface area contributed by atoms with Gasteiger partial charge in [-0.15, -0.1) is 22.9 Å². The van der Waals surface area contributed by atoms with Gasteiger partial charge in [0.2, 0.25) is 0 Å². The predicted molar refractivity (Wildman–Crippen MR) is 61.0 cm³/mol. The molecule has 2 heterocycles. The average molecular weight is 224 g/mol. The van der Waals surface area contributed by atoms with E-state index in [1.807, 2.05) is 12.1 Å². The molecule has 0 spiro atoms. The monoisotopic (exact) mass is 223 g/mol. The second kappa shape index (κ2) is 4.11. The fourth-order valence-corrected chi connectivity index (χ4v) is 2.52. The summed E-state index contributed by atoms with van der Waals surface area (Å²) in [6, 6.07) is 8.08. The minimum atomic E-state index is -0.0447. The van der Waals surface area contributed by atoms with E-state index in [-0.39, 0.29) is 5.38 Å². The highest BCUT2D eigenvalue weighted by Crippen LogP contribution is 2.32. The van der Waals surface area contributed by atoms with Gasteiger partial charge < -0.3 is 0 Å². The molecule has 14 heavy (non-hydrogen) atoms. The number of aryl methyl sites for hydroxylation is 1. The molecule has 3 heteroatoms. The van der Waals surface area contributed by atoms with Crippen molar-refractivity contribution in [2.24, 2.45) is 0 Å². The van der Waals surface area contributed by atoms with Crippen LogP contribution in [0, 0.1) is 6.92 Å². The molecule has 0 aliphatic heterocycles. The predicted octanol–water partition coefficient (Wildman–Crippen LogP) is 3.78. The maximum atomic E-state index is 6.33. The molecule has 0 aliphatic rings. The van der Waals surface area contributed by atoms with Crippen molar-refractivity contribution in [2.75, 3.05) is 0 Å². The van der Waals surface area contributed by atoms with Gasteiger partial charge in [0.25, 0.3) is 0 Å². The molecular weight excluding hydrogens is 214 g/mol. The molecule has 1 atom stereocenters. The third kappa shape index (κ3) is 1.97. The molecule has 2 rings (SSSR count). The van der Waals surface area contributed by atoms with Gasteiger partial charge in [0.1, 0.15) is 0 Å². The normalized spacial score (nSPS) is 12.7. The molecule has 0 bridgehead atoms. The highest BCUT2D eigenvalue weighted by molar-refractivity contribution is 7.12. The van der Waals surface area contributed by atoms with Gasteiger partial charge in [0.15, 0.2) is 0 Å². The smallest absolute Gasteiger partial charge is 0.0928 e. The number of hydrogen-bond acceptors (Lipinski definition) is 2. The number of alkyl halides is 1. The van der Waals surface area contributed by atoms with Crippen LogP contribution in [0.4, 0.5) is 0 Å². The van der Waals surface area contributed by atoms with Crippen LogP contribution >= 0.6 is 22.9 Å². The number of aromatic nitrogens is 1. The van der Waals surface area contributed by atoms with E-state index in [4.69, 9.17) is 11.6 Å². The summed E-state index contributed by atoms with van der Waals surface area (Å²) in [6.45, 7) is 2.09. The summed E-state index contributed by atoms with van der Waals surface area (Å²) in [5, 5.41) is -0.0447. The van der Waals surface area contributed by atoms with Crippen LogP contribution in [-0.2, 0) is 0 Å². The number of nitrogens with zero attached hydrogens (tertiary/aromatic N) is 1. The zero-order valence-corrected chi connectivity index (χ0v) is 9.35. The number of thiophene rings is 1. The summed E-state index contributed by atoms with van der Waals surface area (Å²) in [4.78, 5) is 6.45. The standard InChI is InChI=1S/C11H10ClNS/c1-8-2-3-10(14-8)11(12)9-4-6-13-7-5-9/h2-7,11H,1H3. The Hall–Kier alpha value is -0.860. The topological polar surface area (TPSA) is 12.9 Å². The van der Waals surface area contributed by atoms with Gasteiger partial charge >= 0.3 is 0 Å². The molecular formula is C11H10ClNS. The highest BCUT2D eigenvalue weighted by atomic mass is 35.5. The summed E-state index contributed by atoms with van der Waals surface area (Å²) >= 11 is 8.07. The van der Waals surface area contributed by atoms with Gasteiger partial charge in [-0.25, -0.2) is 0 Å². The number of hydrogen-bond donors (Lipinski definition) is 0. The fourth-order valence-electron chi connectivity index (χ4n) is 1.29. The second-order valence-electron chi connectivity index (χ2n) is 3.09. The highest BCUT2D eigenvalue weighted by Gasteiger charge is 2.11. The van der Waals surface area contributed by atoms with E-state index < -0.39 is 0 Å². The molecule has 0 saturated carbocycles. The van der Waals surface area contributed by atoms with Gasteiger partial charge in [0, 0.05) is 22.1 Å². The first-order chi connectivity index (χ1) is 6.77. The van der Waals surface area contributed by atoms with Crippen LogP contribution in [-0.4, -0.2) is 4.98 Å². The van der Waals surface area contributed by atoms with Gasteiger partial charge in [-0.05, 0) is 36.8 Å². The maximum Gasteiger partial charge on any atom is 0.0928 e. The minimum absolute atomic E-state index is 0.0447. The van der Waals surface area contributed by atoms with E-state index in [1.165, 1.54) is 9.75 Å². The van der Waals surface area contributed by atoms with Crippen molar-refractivity contribution in [1.29, 1.82) is 0 Å².